The molecule has 0 radical (unpaired) electrons. The summed E-state index contributed by atoms with van der Waals surface area (Å²) in [5.74, 6) is 1.28. The highest BCUT2D eigenvalue weighted by atomic mass is 35.5. The van der Waals surface area contributed by atoms with Crippen molar-refractivity contribution >= 4 is 12.4 Å². The number of ether oxygens (including phenoxy) is 1. The topological polar surface area (TPSA) is 60.2 Å². The second kappa shape index (κ2) is 4.72. The van der Waals surface area contributed by atoms with E-state index in [4.69, 9.17) is 9.26 Å². The first-order valence-electron chi connectivity index (χ1n) is 4.42. The summed E-state index contributed by atoms with van der Waals surface area (Å²) in [5.41, 5.74) is 0. The Kier molecular flexibility index (Phi) is 3.86. The van der Waals surface area contributed by atoms with Gasteiger partial charge in [-0.2, -0.15) is 4.98 Å². The van der Waals surface area contributed by atoms with Crippen molar-refractivity contribution in [3.8, 4) is 0 Å². The van der Waals surface area contributed by atoms with E-state index < -0.39 is 0 Å². The predicted octanol–water partition coefficient (Wildman–Crippen LogP) is 0.849. The molecular weight excluding hydrogens is 206 g/mol. The fourth-order valence-corrected chi connectivity index (χ4v) is 1.45. The van der Waals surface area contributed by atoms with E-state index in [-0.39, 0.29) is 24.6 Å². The van der Waals surface area contributed by atoms with Gasteiger partial charge in [-0.05, 0) is 13.8 Å². The lowest BCUT2D eigenvalue weighted by Crippen LogP contribution is -2.40. The average molecular weight is 220 g/mol. The van der Waals surface area contributed by atoms with E-state index in [2.05, 4.69) is 15.5 Å². The summed E-state index contributed by atoms with van der Waals surface area (Å²) in [6.45, 7) is 5.37. The summed E-state index contributed by atoms with van der Waals surface area (Å²) >= 11 is 0. The first kappa shape index (κ1) is 11.4. The van der Waals surface area contributed by atoms with Gasteiger partial charge in [-0.1, -0.05) is 5.16 Å². The Balaban J connectivity index is 0.000000980. The molecule has 0 bridgehead atoms. The van der Waals surface area contributed by atoms with Gasteiger partial charge in [0.05, 0.1) is 12.7 Å². The van der Waals surface area contributed by atoms with Gasteiger partial charge in [-0.3, -0.25) is 0 Å². The molecule has 1 saturated heterocycles. The van der Waals surface area contributed by atoms with E-state index >= 15 is 0 Å². The van der Waals surface area contributed by atoms with Crippen molar-refractivity contribution in [3.63, 3.8) is 0 Å². The molecule has 0 spiro atoms. The molecule has 0 amide bonds. The normalized spacial score (nSPS) is 27.0. The van der Waals surface area contributed by atoms with Gasteiger partial charge in [0.25, 0.3) is 0 Å². The highest BCUT2D eigenvalue weighted by Crippen LogP contribution is 2.19. The molecule has 1 aliphatic rings. The van der Waals surface area contributed by atoms with Crippen molar-refractivity contribution in [2.75, 3.05) is 13.2 Å². The molecule has 2 heterocycles. The maximum atomic E-state index is 5.46. The molecule has 80 valence electrons. The Morgan fingerprint density at radius 2 is 2.29 bits per heavy atom. The number of nitrogens with zero attached hydrogens (tertiary/aromatic N) is 2. The Labute approximate surface area is 88.6 Å². The smallest absolute Gasteiger partial charge is 0.246 e. The monoisotopic (exact) mass is 219 g/mol. The fraction of sp³-hybridized carbons (Fsp3) is 0.750. The maximum absolute atomic E-state index is 5.46. The number of aryl methyl sites for hydroxylation is 1. The van der Waals surface area contributed by atoms with Crippen molar-refractivity contribution in [1.82, 2.24) is 15.5 Å². The Morgan fingerprint density at radius 3 is 2.86 bits per heavy atom. The minimum absolute atomic E-state index is 0. The lowest BCUT2D eigenvalue weighted by molar-refractivity contribution is -0.00136. The van der Waals surface area contributed by atoms with Crippen LogP contribution < -0.4 is 5.32 Å². The summed E-state index contributed by atoms with van der Waals surface area (Å²) in [6.07, 6.45) is 0.0913. The van der Waals surface area contributed by atoms with E-state index in [1.54, 1.807) is 6.92 Å². The van der Waals surface area contributed by atoms with Crippen molar-refractivity contribution in [2.45, 2.75) is 26.0 Å². The Morgan fingerprint density at radius 1 is 1.50 bits per heavy atom. The third kappa shape index (κ3) is 2.23. The van der Waals surface area contributed by atoms with Crippen LogP contribution >= 0.6 is 12.4 Å². The lowest BCUT2D eigenvalue weighted by atomic mass is 10.1. The first-order chi connectivity index (χ1) is 6.27. The van der Waals surface area contributed by atoms with Crippen LogP contribution in [0.15, 0.2) is 4.52 Å². The highest BCUT2D eigenvalue weighted by Gasteiger charge is 2.27. The van der Waals surface area contributed by atoms with E-state index in [1.165, 1.54) is 0 Å². The molecule has 1 aromatic heterocycles. The van der Waals surface area contributed by atoms with Crippen LogP contribution in [0.3, 0.4) is 0 Å². The molecule has 1 N–H and O–H groups in total. The maximum Gasteiger partial charge on any atom is 0.246 e. The number of rotatable bonds is 1. The van der Waals surface area contributed by atoms with Crippen molar-refractivity contribution in [2.24, 2.45) is 0 Å². The largest absolute Gasteiger partial charge is 0.375 e. The van der Waals surface area contributed by atoms with Crippen LogP contribution in [0.4, 0.5) is 0 Å². The van der Waals surface area contributed by atoms with Gasteiger partial charge in [-0.15, -0.1) is 12.4 Å². The molecule has 0 aliphatic carbocycles. The zero-order chi connectivity index (χ0) is 9.26. The molecule has 5 nitrogen and oxygen atoms in total. The number of hydrogen-bond donors (Lipinski definition) is 1. The van der Waals surface area contributed by atoms with Crippen LogP contribution in [-0.4, -0.2) is 29.4 Å². The molecule has 1 fully saturated rings. The molecule has 2 atom stereocenters. The van der Waals surface area contributed by atoms with Gasteiger partial charge in [0, 0.05) is 6.54 Å². The Hall–Kier alpha value is -0.650. The highest BCUT2D eigenvalue weighted by molar-refractivity contribution is 5.85. The van der Waals surface area contributed by atoms with Gasteiger partial charge in [-0.25, -0.2) is 0 Å². The molecule has 2 unspecified atom stereocenters. The molecule has 6 heteroatoms. The van der Waals surface area contributed by atoms with Gasteiger partial charge < -0.3 is 14.6 Å². The Bertz CT molecular complexity index is 292. The minimum atomic E-state index is 0. The first-order valence-corrected chi connectivity index (χ1v) is 4.42. The van der Waals surface area contributed by atoms with E-state index in [1.807, 2.05) is 6.92 Å². The van der Waals surface area contributed by atoms with Crippen molar-refractivity contribution in [3.05, 3.63) is 11.7 Å². The van der Waals surface area contributed by atoms with E-state index in [9.17, 15) is 0 Å². The summed E-state index contributed by atoms with van der Waals surface area (Å²) in [7, 11) is 0. The van der Waals surface area contributed by atoms with Gasteiger partial charge in [0.15, 0.2) is 5.82 Å². The summed E-state index contributed by atoms with van der Waals surface area (Å²) in [6, 6.07) is 0.0370. The van der Waals surface area contributed by atoms with E-state index in [0.717, 1.165) is 13.2 Å². The van der Waals surface area contributed by atoms with Crippen LogP contribution in [0.5, 0.6) is 0 Å². The summed E-state index contributed by atoms with van der Waals surface area (Å²) < 4.78 is 10.5. The molecule has 0 aromatic carbocycles. The zero-order valence-electron chi connectivity index (χ0n) is 8.19. The number of hydrogen-bond acceptors (Lipinski definition) is 5. The average Bonchev–Trinajstić information content (AvgIpc) is 2.53. The standard InChI is InChI=1S/C8H13N3O2.ClH/c1-5-7(9-3-4-12-5)8-10-6(2)11-13-8;/h5,7,9H,3-4H2,1-2H3;1H. The molecule has 0 saturated carbocycles. The van der Waals surface area contributed by atoms with Crippen molar-refractivity contribution < 1.29 is 9.26 Å². The summed E-state index contributed by atoms with van der Waals surface area (Å²) in [4.78, 5) is 4.16. The molecular formula is C8H14ClN3O2. The summed E-state index contributed by atoms with van der Waals surface area (Å²) in [5, 5.41) is 7.02. The predicted molar refractivity (Wildman–Crippen MR) is 52.4 cm³/mol. The van der Waals surface area contributed by atoms with E-state index in [0.29, 0.717) is 11.7 Å². The molecule has 14 heavy (non-hydrogen) atoms. The number of morpholine rings is 1. The van der Waals surface area contributed by atoms with Gasteiger partial charge in [0.2, 0.25) is 5.89 Å². The SMILES string of the molecule is Cc1noc(C2NCCOC2C)n1.Cl. The molecule has 2 rings (SSSR count). The third-order valence-corrected chi connectivity index (χ3v) is 2.13. The second-order valence-electron chi connectivity index (χ2n) is 3.19. The quantitative estimate of drug-likeness (QED) is 0.759. The van der Waals surface area contributed by atoms with Gasteiger partial charge in [0.1, 0.15) is 6.04 Å². The lowest BCUT2D eigenvalue weighted by Gasteiger charge is -2.27. The van der Waals surface area contributed by atoms with Crippen LogP contribution in [-0.2, 0) is 4.74 Å². The fourth-order valence-electron chi connectivity index (χ4n) is 1.45. The number of halogens is 1. The van der Waals surface area contributed by atoms with Gasteiger partial charge >= 0.3 is 0 Å². The van der Waals surface area contributed by atoms with Crippen LogP contribution in [0.25, 0.3) is 0 Å². The molecule has 1 aromatic rings. The second-order valence-corrected chi connectivity index (χ2v) is 3.19. The minimum Gasteiger partial charge on any atom is -0.375 e. The van der Waals surface area contributed by atoms with Crippen LogP contribution in [0, 0.1) is 6.92 Å². The molecule has 1 aliphatic heterocycles. The zero-order valence-corrected chi connectivity index (χ0v) is 9.00. The number of nitrogens with one attached hydrogen (secondary N) is 1. The third-order valence-electron chi connectivity index (χ3n) is 2.13. The van der Waals surface area contributed by atoms with Crippen LogP contribution in [0.1, 0.15) is 24.7 Å². The number of aromatic nitrogens is 2. The van der Waals surface area contributed by atoms with Crippen LogP contribution in [0.2, 0.25) is 0 Å². The van der Waals surface area contributed by atoms with Crippen molar-refractivity contribution in [1.29, 1.82) is 0 Å².